The van der Waals surface area contributed by atoms with Crippen molar-refractivity contribution >= 4 is 34.6 Å². The molecule has 1 fully saturated rings. The van der Waals surface area contributed by atoms with Gasteiger partial charge in [-0.1, -0.05) is 60.7 Å². The SMILES string of the molecule is CC(C)(C)NC(=O)[C@@H]1CCCN1C(=O)/C(=C/c1cccc2ccccc12)NC(=O)c1ccccc1. The van der Waals surface area contributed by atoms with E-state index >= 15 is 0 Å². The molecular weight excluding hydrogens is 438 g/mol. The predicted molar refractivity (Wildman–Crippen MR) is 138 cm³/mol. The number of rotatable bonds is 5. The fourth-order valence-corrected chi connectivity index (χ4v) is 4.36. The van der Waals surface area contributed by atoms with Crippen LogP contribution in [0, 0.1) is 0 Å². The molecule has 180 valence electrons. The van der Waals surface area contributed by atoms with E-state index in [0.29, 0.717) is 18.5 Å². The van der Waals surface area contributed by atoms with Crippen LogP contribution in [-0.2, 0) is 9.59 Å². The van der Waals surface area contributed by atoms with Gasteiger partial charge in [-0.2, -0.15) is 0 Å². The molecule has 1 aliphatic heterocycles. The van der Waals surface area contributed by atoms with Gasteiger partial charge >= 0.3 is 0 Å². The van der Waals surface area contributed by atoms with Crippen LogP contribution >= 0.6 is 0 Å². The maximum absolute atomic E-state index is 13.8. The third kappa shape index (κ3) is 5.77. The molecule has 6 nitrogen and oxygen atoms in total. The molecule has 0 bridgehead atoms. The first-order valence-electron chi connectivity index (χ1n) is 11.9. The lowest BCUT2D eigenvalue weighted by molar-refractivity contribution is -0.136. The first-order valence-corrected chi connectivity index (χ1v) is 11.9. The fraction of sp³-hybridized carbons (Fsp3) is 0.276. The van der Waals surface area contributed by atoms with Crippen molar-refractivity contribution in [3.05, 3.63) is 89.6 Å². The van der Waals surface area contributed by atoms with E-state index in [9.17, 15) is 14.4 Å². The molecule has 3 aromatic rings. The molecule has 1 atom stereocenters. The largest absolute Gasteiger partial charge is 0.350 e. The summed E-state index contributed by atoms with van der Waals surface area (Å²) >= 11 is 0. The minimum absolute atomic E-state index is 0.144. The zero-order valence-electron chi connectivity index (χ0n) is 20.4. The van der Waals surface area contributed by atoms with Crippen molar-refractivity contribution in [2.24, 2.45) is 0 Å². The fourth-order valence-electron chi connectivity index (χ4n) is 4.36. The van der Waals surface area contributed by atoms with Gasteiger partial charge in [0.25, 0.3) is 11.8 Å². The number of benzene rings is 3. The van der Waals surface area contributed by atoms with Gasteiger partial charge < -0.3 is 15.5 Å². The van der Waals surface area contributed by atoms with Crippen LogP contribution in [0.1, 0.15) is 49.5 Å². The van der Waals surface area contributed by atoms with Crippen LogP contribution in [0.4, 0.5) is 0 Å². The van der Waals surface area contributed by atoms with Gasteiger partial charge in [-0.15, -0.1) is 0 Å². The molecule has 6 heteroatoms. The van der Waals surface area contributed by atoms with Crippen LogP contribution in [0.2, 0.25) is 0 Å². The molecule has 2 N–H and O–H groups in total. The van der Waals surface area contributed by atoms with Gasteiger partial charge in [0.1, 0.15) is 11.7 Å². The highest BCUT2D eigenvalue weighted by Crippen LogP contribution is 2.24. The van der Waals surface area contributed by atoms with Crippen molar-refractivity contribution in [2.75, 3.05) is 6.54 Å². The zero-order chi connectivity index (χ0) is 25.0. The van der Waals surface area contributed by atoms with Crippen molar-refractivity contribution in [2.45, 2.75) is 45.2 Å². The smallest absolute Gasteiger partial charge is 0.271 e. The van der Waals surface area contributed by atoms with Crippen LogP contribution < -0.4 is 10.6 Å². The summed E-state index contributed by atoms with van der Waals surface area (Å²) < 4.78 is 0. The van der Waals surface area contributed by atoms with Crippen LogP contribution in [0.3, 0.4) is 0 Å². The summed E-state index contributed by atoms with van der Waals surface area (Å²) in [4.78, 5) is 41.4. The Bertz CT molecular complexity index is 1270. The monoisotopic (exact) mass is 469 g/mol. The molecule has 0 unspecified atom stereocenters. The minimum atomic E-state index is -0.578. The van der Waals surface area contributed by atoms with Crippen molar-refractivity contribution in [3.63, 3.8) is 0 Å². The van der Waals surface area contributed by atoms with Gasteiger partial charge in [0.2, 0.25) is 5.91 Å². The van der Waals surface area contributed by atoms with Crippen molar-refractivity contribution in [1.29, 1.82) is 0 Å². The highest BCUT2D eigenvalue weighted by molar-refractivity contribution is 6.07. The van der Waals surface area contributed by atoms with Crippen molar-refractivity contribution < 1.29 is 14.4 Å². The average Bonchev–Trinajstić information content (AvgIpc) is 3.33. The van der Waals surface area contributed by atoms with Crippen molar-refractivity contribution in [1.82, 2.24) is 15.5 Å². The lowest BCUT2D eigenvalue weighted by atomic mass is 10.0. The van der Waals surface area contributed by atoms with E-state index in [1.54, 1.807) is 35.2 Å². The molecule has 1 aliphatic rings. The molecule has 0 saturated carbocycles. The van der Waals surface area contributed by atoms with Gasteiger partial charge in [0.15, 0.2) is 0 Å². The van der Waals surface area contributed by atoms with Gasteiger partial charge in [-0.05, 0) is 68.2 Å². The van der Waals surface area contributed by atoms with Gasteiger partial charge in [-0.3, -0.25) is 14.4 Å². The Morgan fingerprint density at radius 1 is 0.914 bits per heavy atom. The highest BCUT2D eigenvalue weighted by atomic mass is 16.2. The van der Waals surface area contributed by atoms with E-state index in [2.05, 4.69) is 10.6 Å². The van der Waals surface area contributed by atoms with E-state index in [0.717, 1.165) is 22.8 Å². The Hall–Kier alpha value is -3.93. The van der Waals surface area contributed by atoms with Gasteiger partial charge in [-0.25, -0.2) is 0 Å². The summed E-state index contributed by atoms with van der Waals surface area (Å²) in [6.45, 7) is 6.20. The maximum atomic E-state index is 13.8. The van der Waals surface area contributed by atoms with Crippen LogP contribution in [-0.4, -0.2) is 40.7 Å². The molecule has 0 aromatic heterocycles. The first-order chi connectivity index (χ1) is 16.7. The third-order valence-corrected chi connectivity index (χ3v) is 5.95. The normalized spacial score (nSPS) is 16.3. The molecule has 1 heterocycles. The number of carbonyl (C=O) groups is 3. The number of carbonyl (C=O) groups excluding carboxylic acids is 3. The molecular formula is C29H31N3O3. The minimum Gasteiger partial charge on any atom is -0.350 e. The van der Waals surface area contributed by atoms with Crippen LogP contribution in [0.25, 0.3) is 16.8 Å². The highest BCUT2D eigenvalue weighted by Gasteiger charge is 2.37. The summed E-state index contributed by atoms with van der Waals surface area (Å²) in [5.41, 5.74) is 1.00. The maximum Gasteiger partial charge on any atom is 0.271 e. The number of hydrogen-bond donors (Lipinski definition) is 2. The zero-order valence-corrected chi connectivity index (χ0v) is 20.4. The van der Waals surface area contributed by atoms with Crippen molar-refractivity contribution in [3.8, 4) is 0 Å². The molecule has 3 amide bonds. The number of nitrogens with one attached hydrogen (secondary N) is 2. The van der Waals surface area contributed by atoms with E-state index in [4.69, 9.17) is 0 Å². The molecule has 35 heavy (non-hydrogen) atoms. The number of nitrogens with zero attached hydrogens (tertiary/aromatic N) is 1. The quantitative estimate of drug-likeness (QED) is 0.540. The van der Waals surface area contributed by atoms with E-state index in [1.807, 2.05) is 69.3 Å². The van der Waals surface area contributed by atoms with E-state index in [1.165, 1.54) is 0 Å². The molecule has 0 radical (unpaired) electrons. The second-order valence-corrected chi connectivity index (χ2v) is 9.84. The Balaban J connectivity index is 1.71. The Labute approximate surface area is 206 Å². The summed E-state index contributed by atoms with van der Waals surface area (Å²) in [7, 11) is 0. The number of amides is 3. The molecule has 0 spiro atoms. The average molecular weight is 470 g/mol. The van der Waals surface area contributed by atoms with Gasteiger partial charge in [0.05, 0.1) is 0 Å². The van der Waals surface area contributed by atoms with E-state index < -0.39 is 11.6 Å². The summed E-state index contributed by atoms with van der Waals surface area (Å²) in [6, 6.07) is 21.9. The van der Waals surface area contributed by atoms with Crippen LogP contribution in [0.15, 0.2) is 78.5 Å². The van der Waals surface area contributed by atoms with E-state index in [-0.39, 0.29) is 23.4 Å². The second kappa shape index (κ2) is 10.1. The standard InChI is InChI=1S/C29H31N3O3/c1-29(2,3)31-27(34)25-17-10-18-32(25)28(35)24(30-26(33)21-12-5-4-6-13-21)19-22-15-9-14-20-11-7-8-16-23(20)22/h4-9,11-16,19,25H,10,17-18H2,1-3H3,(H,30,33)(H,31,34)/b24-19-/t25-/m0/s1. The Morgan fingerprint density at radius 2 is 1.60 bits per heavy atom. The predicted octanol–water partition coefficient (Wildman–Crippen LogP) is 4.52. The van der Waals surface area contributed by atoms with Gasteiger partial charge in [0, 0.05) is 17.6 Å². The Kier molecular flexibility index (Phi) is 7.01. The second-order valence-electron chi connectivity index (χ2n) is 9.84. The summed E-state index contributed by atoms with van der Waals surface area (Å²) in [5.74, 6) is -0.920. The number of hydrogen-bond acceptors (Lipinski definition) is 3. The molecule has 0 aliphatic carbocycles. The molecule has 4 rings (SSSR count). The Morgan fingerprint density at radius 3 is 2.34 bits per heavy atom. The lowest BCUT2D eigenvalue weighted by Gasteiger charge is -2.29. The first kappa shape index (κ1) is 24.2. The summed E-state index contributed by atoms with van der Waals surface area (Å²) in [5, 5.41) is 7.82. The number of likely N-dealkylation sites (tertiary alicyclic amines) is 1. The molecule has 1 saturated heterocycles. The number of fused-ring (bicyclic) bond motifs is 1. The topological polar surface area (TPSA) is 78.5 Å². The molecule has 3 aromatic carbocycles. The summed E-state index contributed by atoms with van der Waals surface area (Å²) in [6.07, 6.45) is 3.02. The lowest BCUT2D eigenvalue weighted by Crippen LogP contribution is -2.52. The van der Waals surface area contributed by atoms with Crippen LogP contribution in [0.5, 0.6) is 0 Å². The third-order valence-electron chi connectivity index (χ3n) is 5.95.